The zero-order chi connectivity index (χ0) is 14.2. The molecule has 1 saturated heterocycles. The predicted octanol–water partition coefficient (Wildman–Crippen LogP) is 2.86. The molecule has 0 N–H and O–H groups in total. The Bertz CT molecular complexity index is 426. The first-order valence-electron chi connectivity index (χ1n) is 7.26. The highest BCUT2D eigenvalue weighted by atomic mass is 16.7. The molecule has 0 aliphatic carbocycles. The first kappa shape index (κ1) is 15.0. The molecule has 1 aromatic carbocycles. The lowest BCUT2D eigenvalue weighted by Crippen LogP contribution is -2.24. The van der Waals surface area contributed by atoms with E-state index in [4.69, 9.17) is 9.47 Å². The Hall–Kier alpha value is -1.39. The number of methoxy groups -OCH3 is 1. The molecule has 0 saturated carbocycles. The van der Waals surface area contributed by atoms with E-state index in [-0.39, 0.29) is 6.79 Å². The standard InChI is InChI=1S/C16H23NO3/c1-19-13-20-16-14(7-6-8-15(16)12-18)11-17-9-4-2-3-5-10-17/h6-8,12H,2-5,9-11,13H2,1H3. The lowest BCUT2D eigenvalue weighted by molar-refractivity contribution is 0.0492. The molecule has 1 fully saturated rings. The number of rotatable bonds is 6. The molecule has 1 aliphatic heterocycles. The fraction of sp³-hybridized carbons (Fsp3) is 0.562. The molecule has 0 aromatic heterocycles. The number of aldehydes is 1. The minimum atomic E-state index is 0.165. The number of nitrogens with zero attached hydrogens (tertiary/aromatic N) is 1. The van der Waals surface area contributed by atoms with Crippen LogP contribution in [0.2, 0.25) is 0 Å². The van der Waals surface area contributed by atoms with Gasteiger partial charge in [-0.25, -0.2) is 0 Å². The van der Waals surface area contributed by atoms with Gasteiger partial charge in [0.2, 0.25) is 0 Å². The Labute approximate surface area is 120 Å². The third kappa shape index (κ3) is 4.05. The summed E-state index contributed by atoms with van der Waals surface area (Å²) in [5.41, 5.74) is 1.66. The minimum Gasteiger partial charge on any atom is -0.466 e. The highest BCUT2D eigenvalue weighted by Crippen LogP contribution is 2.25. The molecule has 1 aromatic rings. The van der Waals surface area contributed by atoms with Crippen LogP contribution >= 0.6 is 0 Å². The number of benzene rings is 1. The van der Waals surface area contributed by atoms with E-state index in [2.05, 4.69) is 4.90 Å². The molecule has 0 unspecified atom stereocenters. The van der Waals surface area contributed by atoms with E-state index in [0.29, 0.717) is 11.3 Å². The SMILES string of the molecule is COCOc1c(C=O)cccc1CN1CCCCCC1. The summed E-state index contributed by atoms with van der Waals surface area (Å²) in [4.78, 5) is 13.6. The quantitative estimate of drug-likeness (QED) is 0.592. The number of likely N-dealkylation sites (tertiary alicyclic amines) is 1. The molecule has 110 valence electrons. The molecular formula is C16H23NO3. The van der Waals surface area contributed by atoms with Gasteiger partial charge in [0.15, 0.2) is 13.1 Å². The second-order valence-corrected chi connectivity index (χ2v) is 5.19. The maximum Gasteiger partial charge on any atom is 0.188 e. The van der Waals surface area contributed by atoms with Crippen molar-refractivity contribution < 1.29 is 14.3 Å². The molecule has 0 atom stereocenters. The predicted molar refractivity (Wildman–Crippen MR) is 78.1 cm³/mol. The van der Waals surface area contributed by atoms with Gasteiger partial charge in [0.1, 0.15) is 5.75 Å². The Morgan fingerprint density at radius 2 is 1.95 bits per heavy atom. The lowest BCUT2D eigenvalue weighted by atomic mass is 10.1. The number of carbonyl (C=O) groups excluding carboxylic acids is 1. The third-order valence-corrected chi connectivity index (χ3v) is 3.67. The van der Waals surface area contributed by atoms with E-state index in [9.17, 15) is 4.79 Å². The number of ether oxygens (including phenoxy) is 2. The van der Waals surface area contributed by atoms with Crippen LogP contribution in [-0.2, 0) is 11.3 Å². The Morgan fingerprint density at radius 3 is 2.60 bits per heavy atom. The van der Waals surface area contributed by atoms with Crippen molar-refractivity contribution in [3.63, 3.8) is 0 Å². The molecule has 20 heavy (non-hydrogen) atoms. The number of hydrogen-bond acceptors (Lipinski definition) is 4. The van der Waals surface area contributed by atoms with Crippen LogP contribution in [0.3, 0.4) is 0 Å². The number of para-hydroxylation sites is 1. The fourth-order valence-electron chi connectivity index (χ4n) is 2.65. The van der Waals surface area contributed by atoms with Crippen LogP contribution in [-0.4, -0.2) is 38.2 Å². The summed E-state index contributed by atoms with van der Waals surface area (Å²) in [5.74, 6) is 0.661. The summed E-state index contributed by atoms with van der Waals surface area (Å²) in [5, 5.41) is 0. The molecule has 0 radical (unpaired) electrons. The summed E-state index contributed by atoms with van der Waals surface area (Å²) in [6, 6.07) is 5.73. The van der Waals surface area contributed by atoms with E-state index in [1.807, 2.05) is 12.1 Å². The molecule has 4 nitrogen and oxygen atoms in total. The largest absolute Gasteiger partial charge is 0.466 e. The van der Waals surface area contributed by atoms with Gasteiger partial charge in [0.05, 0.1) is 5.56 Å². The van der Waals surface area contributed by atoms with Gasteiger partial charge in [-0.1, -0.05) is 25.0 Å². The van der Waals surface area contributed by atoms with Gasteiger partial charge in [0, 0.05) is 19.2 Å². The molecule has 2 rings (SSSR count). The van der Waals surface area contributed by atoms with Gasteiger partial charge in [0.25, 0.3) is 0 Å². The highest BCUT2D eigenvalue weighted by molar-refractivity contribution is 5.80. The fourth-order valence-corrected chi connectivity index (χ4v) is 2.65. The van der Waals surface area contributed by atoms with Gasteiger partial charge in [-0.2, -0.15) is 0 Å². The van der Waals surface area contributed by atoms with Crippen molar-refractivity contribution in [1.82, 2.24) is 4.90 Å². The van der Waals surface area contributed by atoms with Crippen LogP contribution in [0.5, 0.6) is 5.75 Å². The summed E-state index contributed by atoms with van der Waals surface area (Å²) < 4.78 is 10.6. The number of hydrogen-bond donors (Lipinski definition) is 0. The second-order valence-electron chi connectivity index (χ2n) is 5.19. The Kier molecular flexibility index (Phi) is 6.02. The normalized spacial score (nSPS) is 16.6. The summed E-state index contributed by atoms with van der Waals surface area (Å²) in [7, 11) is 1.58. The van der Waals surface area contributed by atoms with Crippen LogP contribution in [0.1, 0.15) is 41.6 Å². The van der Waals surface area contributed by atoms with Crippen LogP contribution in [0.25, 0.3) is 0 Å². The maximum absolute atomic E-state index is 11.2. The molecule has 0 amide bonds. The van der Waals surface area contributed by atoms with Crippen molar-refractivity contribution in [1.29, 1.82) is 0 Å². The third-order valence-electron chi connectivity index (χ3n) is 3.67. The topological polar surface area (TPSA) is 38.8 Å². The molecular weight excluding hydrogens is 254 g/mol. The smallest absolute Gasteiger partial charge is 0.188 e. The average Bonchev–Trinajstić information content (AvgIpc) is 2.74. The summed E-state index contributed by atoms with van der Waals surface area (Å²) in [6.45, 7) is 3.24. The Morgan fingerprint density at radius 1 is 1.20 bits per heavy atom. The highest BCUT2D eigenvalue weighted by Gasteiger charge is 2.14. The van der Waals surface area contributed by atoms with Gasteiger partial charge in [-0.15, -0.1) is 0 Å². The molecule has 1 heterocycles. The Balaban J connectivity index is 2.13. The van der Waals surface area contributed by atoms with Gasteiger partial charge < -0.3 is 9.47 Å². The van der Waals surface area contributed by atoms with Crippen molar-refractivity contribution in [3.05, 3.63) is 29.3 Å². The van der Waals surface area contributed by atoms with Crippen LogP contribution in [0, 0.1) is 0 Å². The first-order chi connectivity index (χ1) is 9.85. The van der Waals surface area contributed by atoms with Gasteiger partial charge in [-0.3, -0.25) is 9.69 Å². The van der Waals surface area contributed by atoms with Gasteiger partial charge in [-0.05, 0) is 32.0 Å². The van der Waals surface area contributed by atoms with E-state index < -0.39 is 0 Å². The molecule has 0 spiro atoms. The van der Waals surface area contributed by atoms with Crippen molar-refractivity contribution in [3.8, 4) is 5.75 Å². The van der Waals surface area contributed by atoms with Crippen LogP contribution in [0.15, 0.2) is 18.2 Å². The van der Waals surface area contributed by atoms with E-state index >= 15 is 0 Å². The summed E-state index contributed by atoms with van der Waals surface area (Å²) >= 11 is 0. The summed E-state index contributed by atoms with van der Waals surface area (Å²) in [6.07, 6.45) is 5.98. The zero-order valence-corrected chi connectivity index (χ0v) is 12.1. The molecule has 1 aliphatic rings. The van der Waals surface area contributed by atoms with E-state index in [1.54, 1.807) is 13.2 Å². The lowest BCUT2D eigenvalue weighted by Gasteiger charge is -2.22. The van der Waals surface area contributed by atoms with Gasteiger partial charge >= 0.3 is 0 Å². The maximum atomic E-state index is 11.2. The van der Waals surface area contributed by atoms with Crippen molar-refractivity contribution in [2.24, 2.45) is 0 Å². The van der Waals surface area contributed by atoms with Crippen molar-refractivity contribution in [2.75, 3.05) is 27.0 Å². The molecule has 4 heteroatoms. The average molecular weight is 277 g/mol. The van der Waals surface area contributed by atoms with Crippen molar-refractivity contribution in [2.45, 2.75) is 32.2 Å². The van der Waals surface area contributed by atoms with E-state index in [0.717, 1.165) is 31.5 Å². The second kappa shape index (κ2) is 8.02. The van der Waals surface area contributed by atoms with E-state index in [1.165, 1.54) is 25.7 Å². The first-order valence-corrected chi connectivity index (χ1v) is 7.26. The van der Waals surface area contributed by atoms with Crippen LogP contribution < -0.4 is 4.74 Å². The van der Waals surface area contributed by atoms with Crippen molar-refractivity contribution >= 4 is 6.29 Å². The molecule has 0 bridgehead atoms. The zero-order valence-electron chi connectivity index (χ0n) is 12.1. The minimum absolute atomic E-state index is 0.165. The monoisotopic (exact) mass is 277 g/mol. The van der Waals surface area contributed by atoms with Crippen LogP contribution in [0.4, 0.5) is 0 Å². The number of carbonyl (C=O) groups is 1.